The number of aryl methyl sites for hydroxylation is 1. The van der Waals surface area contributed by atoms with Crippen LogP contribution in [0.15, 0.2) is 54.2 Å². The molecule has 1 saturated heterocycles. The Balaban J connectivity index is 1.36. The fourth-order valence-corrected chi connectivity index (χ4v) is 4.11. The van der Waals surface area contributed by atoms with Crippen LogP contribution in [0.2, 0.25) is 5.02 Å². The summed E-state index contributed by atoms with van der Waals surface area (Å²) in [7, 11) is 0. The van der Waals surface area contributed by atoms with E-state index < -0.39 is 29.7 Å². The zero-order chi connectivity index (χ0) is 25.1. The predicted octanol–water partition coefficient (Wildman–Crippen LogP) is 1.98. The molecule has 0 aromatic heterocycles. The number of halogens is 1. The molecule has 0 saturated carbocycles. The smallest absolute Gasteiger partial charge is 0.278 e. The van der Waals surface area contributed by atoms with Gasteiger partial charge < -0.3 is 10.6 Å². The van der Waals surface area contributed by atoms with Gasteiger partial charge in [0.1, 0.15) is 11.7 Å². The molecule has 10 heteroatoms. The number of nitrogens with one attached hydrogen (secondary N) is 3. The van der Waals surface area contributed by atoms with Crippen molar-refractivity contribution in [2.75, 3.05) is 5.32 Å². The molecule has 4 rings (SSSR count). The maximum absolute atomic E-state index is 12.8. The van der Waals surface area contributed by atoms with Crippen molar-refractivity contribution < 1.29 is 24.0 Å². The van der Waals surface area contributed by atoms with E-state index >= 15 is 0 Å². The number of carbonyl (C=O) groups excluding carboxylic acids is 5. The lowest BCUT2D eigenvalue weighted by Gasteiger charge is -2.28. The molecule has 180 valence electrons. The van der Waals surface area contributed by atoms with E-state index in [2.05, 4.69) is 16.0 Å². The quantitative estimate of drug-likeness (QED) is 0.505. The van der Waals surface area contributed by atoms with Crippen molar-refractivity contribution in [2.24, 2.45) is 0 Å². The molecular formula is C25H23ClN4O5. The van der Waals surface area contributed by atoms with E-state index in [4.69, 9.17) is 11.6 Å². The standard InChI is InChI=1S/C25H23ClN4O5/c1-14-5-6-16(10-18(14)26)13-27-22(32)11-15-3-2-4-17(9-15)28-19-12-23(33)30(25(19)35)20-7-8-21(31)29-24(20)34/h2-6,9-10,12,20,28H,7-8,11,13H2,1H3,(H,27,32)(H,29,31,34). The molecule has 2 aromatic carbocycles. The molecule has 1 unspecified atom stereocenters. The van der Waals surface area contributed by atoms with Crippen LogP contribution < -0.4 is 16.0 Å². The second-order valence-electron chi connectivity index (χ2n) is 8.40. The molecule has 1 atom stereocenters. The van der Waals surface area contributed by atoms with Crippen molar-refractivity contribution >= 4 is 46.8 Å². The summed E-state index contributed by atoms with van der Waals surface area (Å²) in [4.78, 5) is 62.0. The Hall–Kier alpha value is -3.98. The maximum Gasteiger partial charge on any atom is 0.278 e. The first-order chi connectivity index (χ1) is 16.7. The highest BCUT2D eigenvalue weighted by Crippen LogP contribution is 2.23. The Morgan fingerprint density at radius 3 is 2.66 bits per heavy atom. The van der Waals surface area contributed by atoms with Gasteiger partial charge in [0.2, 0.25) is 17.7 Å². The Morgan fingerprint density at radius 2 is 1.91 bits per heavy atom. The Morgan fingerprint density at radius 1 is 1.11 bits per heavy atom. The van der Waals surface area contributed by atoms with Gasteiger partial charge in [-0.25, -0.2) is 0 Å². The normalized spacial score (nSPS) is 17.8. The third-order valence-corrected chi connectivity index (χ3v) is 6.18. The molecule has 2 aliphatic rings. The molecule has 0 aliphatic carbocycles. The van der Waals surface area contributed by atoms with E-state index in [9.17, 15) is 24.0 Å². The number of anilines is 1. The molecular weight excluding hydrogens is 472 g/mol. The van der Waals surface area contributed by atoms with E-state index in [1.54, 1.807) is 24.3 Å². The highest BCUT2D eigenvalue weighted by atomic mass is 35.5. The number of benzene rings is 2. The van der Waals surface area contributed by atoms with Gasteiger partial charge in [-0.05, 0) is 48.2 Å². The summed E-state index contributed by atoms with van der Waals surface area (Å²) in [5, 5.41) is 8.54. The summed E-state index contributed by atoms with van der Waals surface area (Å²) in [5.74, 6) is -2.56. The lowest BCUT2D eigenvalue weighted by molar-refractivity contribution is -0.149. The molecule has 9 nitrogen and oxygen atoms in total. The van der Waals surface area contributed by atoms with Crippen molar-refractivity contribution in [2.45, 2.75) is 38.8 Å². The first-order valence-corrected chi connectivity index (χ1v) is 11.4. The number of hydrogen-bond donors (Lipinski definition) is 3. The molecule has 1 fully saturated rings. The summed E-state index contributed by atoms with van der Waals surface area (Å²) in [6.45, 7) is 2.25. The lowest BCUT2D eigenvalue weighted by atomic mass is 10.0. The highest BCUT2D eigenvalue weighted by molar-refractivity contribution is 6.31. The Bertz CT molecular complexity index is 1270. The molecule has 2 aliphatic heterocycles. The molecule has 0 radical (unpaired) electrons. The Labute approximate surface area is 206 Å². The van der Waals surface area contributed by atoms with Crippen LogP contribution in [0.3, 0.4) is 0 Å². The van der Waals surface area contributed by atoms with Crippen LogP contribution in [-0.2, 0) is 36.9 Å². The van der Waals surface area contributed by atoms with Gasteiger partial charge in [0.05, 0.1) is 6.42 Å². The topological polar surface area (TPSA) is 125 Å². The summed E-state index contributed by atoms with van der Waals surface area (Å²) in [6, 6.07) is 11.5. The number of imide groups is 2. The SMILES string of the molecule is Cc1ccc(CNC(=O)Cc2cccc(NC3=CC(=O)N(C4CCC(=O)NC4=O)C3=O)c2)cc1Cl. The minimum atomic E-state index is -1.03. The molecule has 2 aromatic rings. The molecule has 5 amide bonds. The third-order valence-electron chi connectivity index (χ3n) is 5.77. The van der Waals surface area contributed by atoms with Gasteiger partial charge >= 0.3 is 0 Å². The molecule has 2 heterocycles. The number of piperidine rings is 1. The Kier molecular flexibility index (Phi) is 6.97. The molecule has 0 bridgehead atoms. The van der Waals surface area contributed by atoms with Crippen molar-refractivity contribution in [3.8, 4) is 0 Å². The van der Waals surface area contributed by atoms with Crippen molar-refractivity contribution in [3.05, 3.63) is 76.0 Å². The third kappa shape index (κ3) is 5.58. The van der Waals surface area contributed by atoms with Crippen LogP contribution in [0.4, 0.5) is 5.69 Å². The summed E-state index contributed by atoms with van der Waals surface area (Å²) < 4.78 is 0. The fourth-order valence-electron chi connectivity index (χ4n) is 3.91. The summed E-state index contributed by atoms with van der Waals surface area (Å²) in [5.41, 5.74) is 3.08. The minimum Gasteiger partial charge on any atom is -0.352 e. The number of nitrogens with zero attached hydrogens (tertiary/aromatic N) is 1. The van der Waals surface area contributed by atoms with E-state index in [0.29, 0.717) is 22.8 Å². The highest BCUT2D eigenvalue weighted by Gasteiger charge is 2.42. The first kappa shape index (κ1) is 24.2. The van der Waals surface area contributed by atoms with Crippen LogP contribution in [0.25, 0.3) is 0 Å². The van der Waals surface area contributed by atoms with Gasteiger partial charge in [0.15, 0.2) is 0 Å². The van der Waals surface area contributed by atoms with Crippen LogP contribution in [-0.4, -0.2) is 40.5 Å². The van der Waals surface area contributed by atoms with Crippen molar-refractivity contribution in [1.29, 1.82) is 0 Å². The van der Waals surface area contributed by atoms with E-state index in [1.807, 2.05) is 25.1 Å². The van der Waals surface area contributed by atoms with Gasteiger partial charge in [-0.3, -0.25) is 34.2 Å². The largest absolute Gasteiger partial charge is 0.352 e. The predicted molar refractivity (Wildman–Crippen MR) is 128 cm³/mol. The average molecular weight is 495 g/mol. The fraction of sp³-hybridized carbons (Fsp3) is 0.240. The number of hydrogen-bond acceptors (Lipinski definition) is 6. The zero-order valence-corrected chi connectivity index (χ0v) is 19.6. The van der Waals surface area contributed by atoms with Gasteiger partial charge in [-0.1, -0.05) is 35.9 Å². The van der Waals surface area contributed by atoms with Crippen LogP contribution in [0.1, 0.15) is 29.5 Å². The van der Waals surface area contributed by atoms with Gasteiger partial charge in [0.25, 0.3) is 11.8 Å². The van der Waals surface area contributed by atoms with Crippen LogP contribution >= 0.6 is 11.6 Å². The second-order valence-corrected chi connectivity index (χ2v) is 8.81. The summed E-state index contributed by atoms with van der Waals surface area (Å²) in [6.07, 6.45) is 1.38. The molecule has 0 spiro atoms. The van der Waals surface area contributed by atoms with Crippen molar-refractivity contribution in [3.63, 3.8) is 0 Å². The van der Waals surface area contributed by atoms with Gasteiger partial charge in [0, 0.05) is 29.8 Å². The molecule has 3 N–H and O–H groups in total. The number of amides is 5. The van der Waals surface area contributed by atoms with Crippen LogP contribution in [0.5, 0.6) is 0 Å². The van der Waals surface area contributed by atoms with Crippen molar-refractivity contribution in [1.82, 2.24) is 15.5 Å². The summed E-state index contributed by atoms with van der Waals surface area (Å²) >= 11 is 6.13. The first-order valence-electron chi connectivity index (χ1n) is 11.0. The van der Waals surface area contributed by atoms with Gasteiger partial charge in [-0.15, -0.1) is 0 Å². The van der Waals surface area contributed by atoms with Gasteiger partial charge in [-0.2, -0.15) is 0 Å². The monoisotopic (exact) mass is 494 g/mol. The van der Waals surface area contributed by atoms with E-state index in [-0.39, 0.29) is 30.9 Å². The number of rotatable bonds is 7. The minimum absolute atomic E-state index is 0.0116. The zero-order valence-electron chi connectivity index (χ0n) is 18.9. The van der Waals surface area contributed by atoms with Crippen LogP contribution in [0, 0.1) is 6.92 Å². The van der Waals surface area contributed by atoms with E-state index in [1.165, 1.54) is 0 Å². The maximum atomic E-state index is 12.8. The average Bonchev–Trinajstić information content (AvgIpc) is 3.08. The lowest BCUT2D eigenvalue weighted by Crippen LogP contribution is -2.54. The number of carbonyl (C=O) groups is 5. The van der Waals surface area contributed by atoms with E-state index in [0.717, 1.165) is 22.1 Å². The molecule has 35 heavy (non-hydrogen) atoms. The second kappa shape index (κ2) is 10.1.